The van der Waals surface area contributed by atoms with Crippen LogP contribution in [0.4, 0.5) is 0 Å². The van der Waals surface area contributed by atoms with E-state index in [1.807, 2.05) is 37.3 Å². The number of aryl methyl sites for hydroxylation is 1. The molecule has 0 aliphatic rings. The lowest BCUT2D eigenvalue weighted by Gasteiger charge is -2.11. The predicted molar refractivity (Wildman–Crippen MR) is 117 cm³/mol. The third-order valence-electron chi connectivity index (χ3n) is 5.02. The molecule has 0 amide bonds. The molecule has 0 saturated carbocycles. The maximum Gasteiger partial charge on any atom is 0.226 e. The van der Waals surface area contributed by atoms with Crippen molar-refractivity contribution in [2.24, 2.45) is 0 Å². The van der Waals surface area contributed by atoms with Gasteiger partial charge in [-0.1, -0.05) is 44.4 Å². The van der Waals surface area contributed by atoms with Gasteiger partial charge in [-0.25, -0.2) is 4.98 Å². The van der Waals surface area contributed by atoms with E-state index in [0.717, 1.165) is 36.9 Å². The molecule has 0 aliphatic heterocycles. The molecule has 3 aromatic rings. The van der Waals surface area contributed by atoms with E-state index in [-0.39, 0.29) is 12.4 Å². The van der Waals surface area contributed by atoms with Gasteiger partial charge in [0.1, 0.15) is 18.1 Å². The van der Waals surface area contributed by atoms with Crippen LogP contribution in [0.2, 0.25) is 0 Å². The van der Waals surface area contributed by atoms with Crippen LogP contribution >= 0.6 is 0 Å². The van der Waals surface area contributed by atoms with Crippen molar-refractivity contribution in [3.05, 3.63) is 65.5 Å². The SMILES string of the molecule is CCCCCCC(=O)c1ccc(OCc2nc(-c3ccccc3)oc2C)c(OC)c1. The molecule has 0 unspecified atom stereocenters. The van der Waals surface area contributed by atoms with Crippen LogP contribution in [0.1, 0.15) is 60.8 Å². The number of Topliss-reactive ketones (excluding diaryl/α,β-unsaturated/α-hetero) is 1. The van der Waals surface area contributed by atoms with Gasteiger partial charge in [0.15, 0.2) is 17.3 Å². The van der Waals surface area contributed by atoms with Crippen LogP contribution in [0.3, 0.4) is 0 Å². The van der Waals surface area contributed by atoms with E-state index in [9.17, 15) is 4.79 Å². The van der Waals surface area contributed by atoms with E-state index in [1.165, 1.54) is 0 Å². The van der Waals surface area contributed by atoms with E-state index >= 15 is 0 Å². The molecule has 0 bridgehead atoms. The van der Waals surface area contributed by atoms with Gasteiger partial charge >= 0.3 is 0 Å². The third-order valence-corrected chi connectivity index (χ3v) is 5.02. The first-order chi connectivity index (χ1) is 14.6. The second kappa shape index (κ2) is 10.6. The van der Waals surface area contributed by atoms with Crippen molar-refractivity contribution in [3.8, 4) is 23.0 Å². The Morgan fingerprint density at radius 3 is 2.57 bits per heavy atom. The van der Waals surface area contributed by atoms with Gasteiger partial charge in [0, 0.05) is 17.5 Å². The number of ether oxygens (including phenoxy) is 2. The lowest BCUT2D eigenvalue weighted by molar-refractivity contribution is 0.0978. The Balaban J connectivity index is 1.66. The van der Waals surface area contributed by atoms with Gasteiger partial charge in [-0.2, -0.15) is 0 Å². The van der Waals surface area contributed by atoms with Crippen molar-refractivity contribution < 1.29 is 18.7 Å². The van der Waals surface area contributed by atoms with E-state index in [4.69, 9.17) is 13.9 Å². The lowest BCUT2D eigenvalue weighted by Crippen LogP contribution is -2.03. The fourth-order valence-corrected chi connectivity index (χ4v) is 3.23. The molecule has 5 nitrogen and oxygen atoms in total. The molecule has 0 saturated heterocycles. The van der Waals surface area contributed by atoms with Gasteiger partial charge < -0.3 is 13.9 Å². The summed E-state index contributed by atoms with van der Waals surface area (Å²) < 4.78 is 17.2. The quantitative estimate of drug-likeness (QED) is 0.272. The second-order valence-electron chi connectivity index (χ2n) is 7.28. The summed E-state index contributed by atoms with van der Waals surface area (Å²) in [6.07, 6.45) is 4.89. The molecule has 3 rings (SSSR count). The Kier molecular flexibility index (Phi) is 7.66. The number of carbonyl (C=O) groups excluding carboxylic acids is 1. The normalized spacial score (nSPS) is 10.8. The van der Waals surface area contributed by atoms with Gasteiger partial charge in [0.2, 0.25) is 5.89 Å². The number of rotatable bonds is 11. The molecule has 5 heteroatoms. The molecule has 0 atom stereocenters. The maximum atomic E-state index is 12.4. The van der Waals surface area contributed by atoms with Gasteiger partial charge in [-0.3, -0.25) is 4.79 Å². The summed E-state index contributed by atoms with van der Waals surface area (Å²) >= 11 is 0. The number of ketones is 1. The molecular formula is C25H29NO4. The molecule has 2 aromatic carbocycles. The summed E-state index contributed by atoms with van der Waals surface area (Å²) in [5.41, 5.74) is 2.30. The number of aromatic nitrogens is 1. The van der Waals surface area contributed by atoms with Crippen molar-refractivity contribution in [1.29, 1.82) is 0 Å². The van der Waals surface area contributed by atoms with Crippen molar-refractivity contribution in [2.75, 3.05) is 7.11 Å². The topological polar surface area (TPSA) is 61.6 Å². The Labute approximate surface area is 178 Å². The van der Waals surface area contributed by atoms with Crippen molar-refractivity contribution in [2.45, 2.75) is 52.6 Å². The van der Waals surface area contributed by atoms with E-state index in [0.29, 0.717) is 35.1 Å². The van der Waals surface area contributed by atoms with Crippen molar-refractivity contribution in [3.63, 3.8) is 0 Å². The fourth-order valence-electron chi connectivity index (χ4n) is 3.23. The molecular weight excluding hydrogens is 378 g/mol. The molecule has 158 valence electrons. The van der Waals surface area contributed by atoms with E-state index in [1.54, 1.807) is 25.3 Å². The largest absolute Gasteiger partial charge is 0.493 e. The van der Waals surface area contributed by atoms with Gasteiger partial charge in [-0.15, -0.1) is 0 Å². The Morgan fingerprint density at radius 2 is 1.83 bits per heavy atom. The first kappa shape index (κ1) is 21.6. The number of nitrogens with zero attached hydrogens (tertiary/aromatic N) is 1. The highest BCUT2D eigenvalue weighted by atomic mass is 16.5. The fraction of sp³-hybridized carbons (Fsp3) is 0.360. The van der Waals surface area contributed by atoms with Crippen LogP contribution in [0.25, 0.3) is 11.5 Å². The summed E-state index contributed by atoms with van der Waals surface area (Å²) in [6.45, 7) is 4.28. The van der Waals surface area contributed by atoms with Crippen molar-refractivity contribution >= 4 is 5.78 Å². The van der Waals surface area contributed by atoms with Crippen molar-refractivity contribution in [1.82, 2.24) is 4.98 Å². The first-order valence-corrected chi connectivity index (χ1v) is 10.5. The smallest absolute Gasteiger partial charge is 0.226 e. The number of oxazole rings is 1. The molecule has 1 heterocycles. The van der Waals surface area contributed by atoms with Crippen LogP contribution in [-0.4, -0.2) is 17.9 Å². The third kappa shape index (κ3) is 5.50. The zero-order valence-corrected chi connectivity index (χ0v) is 17.9. The second-order valence-corrected chi connectivity index (χ2v) is 7.28. The summed E-state index contributed by atoms with van der Waals surface area (Å²) in [7, 11) is 1.58. The van der Waals surface area contributed by atoms with Gasteiger partial charge in [0.25, 0.3) is 0 Å². The zero-order valence-electron chi connectivity index (χ0n) is 17.9. The summed E-state index contributed by atoms with van der Waals surface area (Å²) in [6, 6.07) is 15.1. The summed E-state index contributed by atoms with van der Waals surface area (Å²) in [5.74, 6) is 2.53. The Morgan fingerprint density at radius 1 is 1.03 bits per heavy atom. The lowest BCUT2D eigenvalue weighted by atomic mass is 10.0. The van der Waals surface area contributed by atoms with E-state index < -0.39 is 0 Å². The van der Waals surface area contributed by atoms with Crippen LogP contribution in [0, 0.1) is 6.92 Å². The molecule has 0 spiro atoms. The average molecular weight is 408 g/mol. The van der Waals surface area contributed by atoms with E-state index in [2.05, 4.69) is 11.9 Å². The number of methoxy groups -OCH3 is 1. The summed E-state index contributed by atoms with van der Waals surface area (Å²) in [5, 5.41) is 0. The highest BCUT2D eigenvalue weighted by Gasteiger charge is 2.15. The molecule has 1 aromatic heterocycles. The number of hydrogen-bond donors (Lipinski definition) is 0. The van der Waals surface area contributed by atoms with Gasteiger partial charge in [-0.05, 0) is 43.7 Å². The monoisotopic (exact) mass is 407 g/mol. The zero-order chi connectivity index (χ0) is 21.3. The molecule has 0 N–H and O–H groups in total. The number of hydrogen-bond acceptors (Lipinski definition) is 5. The molecule has 0 aliphatic carbocycles. The highest BCUT2D eigenvalue weighted by molar-refractivity contribution is 5.96. The minimum atomic E-state index is 0.135. The molecule has 0 fully saturated rings. The molecule has 30 heavy (non-hydrogen) atoms. The maximum absolute atomic E-state index is 12.4. The molecule has 0 radical (unpaired) electrons. The summed E-state index contributed by atoms with van der Waals surface area (Å²) in [4.78, 5) is 17.0. The number of carbonyl (C=O) groups is 1. The number of unbranched alkanes of at least 4 members (excludes halogenated alkanes) is 3. The number of benzene rings is 2. The minimum Gasteiger partial charge on any atom is -0.493 e. The highest BCUT2D eigenvalue weighted by Crippen LogP contribution is 2.30. The standard InChI is InChI=1S/C25H29NO4/c1-4-5-6-10-13-22(27)20-14-15-23(24(16-20)28-3)29-17-21-18(2)30-25(26-21)19-11-8-7-9-12-19/h7-9,11-12,14-16H,4-6,10,13,17H2,1-3H3. The van der Waals surface area contributed by atoms with Crippen LogP contribution < -0.4 is 9.47 Å². The Bertz CT molecular complexity index is 963. The average Bonchev–Trinajstić information content (AvgIpc) is 3.16. The Hall–Kier alpha value is -3.08. The van der Waals surface area contributed by atoms with Gasteiger partial charge in [0.05, 0.1) is 7.11 Å². The first-order valence-electron chi connectivity index (χ1n) is 10.5. The van der Waals surface area contributed by atoms with Crippen LogP contribution in [0.5, 0.6) is 11.5 Å². The van der Waals surface area contributed by atoms with Crippen LogP contribution in [-0.2, 0) is 6.61 Å². The predicted octanol–water partition coefficient (Wildman–Crippen LogP) is 6.39. The minimum absolute atomic E-state index is 0.135. The van der Waals surface area contributed by atoms with Crippen LogP contribution in [0.15, 0.2) is 52.9 Å².